The summed E-state index contributed by atoms with van der Waals surface area (Å²) >= 11 is 5.86. The Bertz CT molecular complexity index is 1540. The average Bonchev–Trinajstić information content (AvgIpc) is 3.59. The van der Waals surface area contributed by atoms with Gasteiger partial charge in [-0.15, -0.1) is 0 Å². The largest absolute Gasteiger partial charge is 0.481 e. The number of aromatic amines is 1. The van der Waals surface area contributed by atoms with Crippen LogP contribution in [0.2, 0.25) is 5.02 Å². The SMILES string of the molecule is CC(OC=O)c1ccccc1Cl.CNc1cnoc1-c1ccc(-c2ccc(CC(=O)O)cc2)c2cc[nH]c12. The number of carbonyl (C=O) groups excluding carboxylic acids is 1. The van der Waals surface area contributed by atoms with E-state index in [0.29, 0.717) is 17.3 Å². The number of anilines is 1. The highest BCUT2D eigenvalue weighted by molar-refractivity contribution is 6.31. The van der Waals surface area contributed by atoms with E-state index in [1.165, 1.54) is 0 Å². The van der Waals surface area contributed by atoms with E-state index in [0.717, 1.165) is 44.4 Å². The van der Waals surface area contributed by atoms with E-state index in [1.54, 1.807) is 19.2 Å². The summed E-state index contributed by atoms with van der Waals surface area (Å²) in [5, 5.41) is 17.5. The third-order valence-electron chi connectivity index (χ3n) is 6.03. The molecule has 0 radical (unpaired) electrons. The van der Waals surface area contributed by atoms with Crippen LogP contribution in [0.1, 0.15) is 24.2 Å². The molecule has 9 heteroatoms. The van der Waals surface area contributed by atoms with Gasteiger partial charge < -0.3 is 24.7 Å². The summed E-state index contributed by atoms with van der Waals surface area (Å²) in [5.74, 6) is -0.147. The minimum Gasteiger partial charge on any atom is -0.481 e. The van der Waals surface area contributed by atoms with Crippen molar-refractivity contribution in [2.24, 2.45) is 0 Å². The van der Waals surface area contributed by atoms with Crippen molar-refractivity contribution < 1.29 is 24.0 Å². The number of fused-ring (bicyclic) bond motifs is 1. The zero-order valence-corrected chi connectivity index (χ0v) is 21.5. The fourth-order valence-corrected chi connectivity index (χ4v) is 4.44. The van der Waals surface area contributed by atoms with Crippen molar-refractivity contribution in [3.63, 3.8) is 0 Å². The third kappa shape index (κ3) is 5.87. The number of carbonyl (C=O) groups is 2. The van der Waals surface area contributed by atoms with Crippen LogP contribution in [-0.4, -0.2) is 34.7 Å². The first-order chi connectivity index (χ1) is 18.4. The minimum atomic E-state index is -0.831. The zero-order chi connectivity index (χ0) is 27.1. The Balaban J connectivity index is 0.000000236. The molecule has 0 saturated heterocycles. The molecule has 8 nitrogen and oxygen atoms in total. The lowest BCUT2D eigenvalue weighted by Crippen LogP contribution is -1.99. The summed E-state index contributed by atoms with van der Waals surface area (Å²) in [5.41, 5.74) is 6.42. The van der Waals surface area contributed by atoms with Crippen LogP contribution in [0.25, 0.3) is 33.4 Å². The second-order valence-corrected chi connectivity index (χ2v) is 8.82. The maximum atomic E-state index is 10.8. The van der Waals surface area contributed by atoms with Gasteiger partial charge in [-0.2, -0.15) is 0 Å². The number of aromatic nitrogens is 2. The van der Waals surface area contributed by atoms with E-state index in [4.69, 9.17) is 26.0 Å². The Morgan fingerprint density at radius 3 is 2.55 bits per heavy atom. The number of carboxylic acids is 1. The second-order valence-electron chi connectivity index (χ2n) is 8.41. The van der Waals surface area contributed by atoms with Crippen LogP contribution in [0.4, 0.5) is 5.69 Å². The van der Waals surface area contributed by atoms with Gasteiger partial charge in [0.25, 0.3) is 6.47 Å². The molecule has 2 aromatic heterocycles. The number of benzene rings is 3. The summed E-state index contributed by atoms with van der Waals surface area (Å²) < 4.78 is 10.2. The van der Waals surface area contributed by atoms with Crippen LogP contribution in [0.15, 0.2) is 83.6 Å². The highest BCUT2D eigenvalue weighted by Crippen LogP contribution is 2.37. The van der Waals surface area contributed by atoms with Crippen molar-refractivity contribution in [2.75, 3.05) is 12.4 Å². The molecule has 3 N–H and O–H groups in total. The number of nitrogens with one attached hydrogen (secondary N) is 2. The zero-order valence-electron chi connectivity index (χ0n) is 20.8. The lowest BCUT2D eigenvalue weighted by Gasteiger charge is -2.10. The maximum absolute atomic E-state index is 10.8. The third-order valence-corrected chi connectivity index (χ3v) is 6.37. The minimum absolute atomic E-state index is 0.0249. The highest BCUT2D eigenvalue weighted by Gasteiger charge is 2.16. The predicted octanol–water partition coefficient (Wildman–Crippen LogP) is 6.73. The first-order valence-electron chi connectivity index (χ1n) is 11.8. The Morgan fingerprint density at radius 1 is 1.13 bits per heavy atom. The second kappa shape index (κ2) is 12.1. The molecular formula is C29H26ClN3O5. The standard InChI is InChI=1S/C20H17N3O3.C9H9ClO2/c1-21-17-11-23-26-20(17)16-7-6-14(15-8-9-22-19(15)16)13-4-2-12(3-5-13)10-18(24)25;1-7(12-6-11)8-4-2-3-5-9(8)10/h2-9,11,21-22H,10H2,1H3,(H,24,25);2-7H,1H3. The van der Waals surface area contributed by atoms with E-state index >= 15 is 0 Å². The van der Waals surface area contributed by atoms with Crippen molar-refractivity contribution >= 4 is 40.6 Å². The molecule has 5 rings (SSSR count). The van der Waals surface area contributed by atoms with Gasteiger partial charge in [0.1, 0.15) is 11.8 Å². The van der Waals surface area contributed by atoms with E-state index in [9.17, 15) is 9.59 Å². The maximum Gasteiger partial charge on any atom is 0.307 e. The van der Waals surface area contributed by atoms with E-state index in [2.05, 4.69) is 15.5 Å². The molecule has 38 heavy (non-hydrogen) atoms. The molecule has 0 aliphatic heterocycles. The summed E-state index contributed by atoms with van der Waals surface area (Å²) in [6.45, 7) is 2.20. The molecule has 5 aromatic rings. The Hall–Kier alpha value is -4.56. The van der Waals surface area contributed by atoms with Gasteiger partial charge in [0.05, 0.1) is 18.1 Å². The van der Waals surface area contributed by atoms with Gasteiger partial charge in [-0.1, -0.05) is 65.3 Å². The molecule has 0 saturated carbocycles. The Morgan fingerprint density at radius 2 is 1.87 bits per heavy atom. The summed E-state index contributed by atoms with van der Waals surface area (Å²) in [7, 11) is 1.83. The number of rotatable bonds is 8. The number of hydrogen-bond acceptors (Lipinski definition) is 6. The van der Waals surface area contributed by atoms with Crippen LogP contribution in [-0.2, 0) is 20.7 Å². The summed E-state index contributed by atoms with van der Waals surface area (Å²) in [6, 6.07) is 21.0. The first kappa shape index (κ1) is 26.5. The molecule has 0 aliphatic carbocycles. The van der Waals surface area contributed by atoms with Crippen LogP contribution in [0.3, 0.4) is 0 Å². The van der Waals surface area contributed by atoms with Gasteiger partial charge in [-0.25, -0.2) is 0 Å². The molecule has 0 amide bonds. The first-order valence-corrected chi connectivity index (χ1v) is 12.2. The lowest BCUT2D eigenvalue weighted by atomic mass is 9.97. The van der Waals surface area contributed by atoms with Gasteiger partial charge >= 0.3 is 5.97 Å². The molecular weight excluding hydrogens is 506 g/mol. The lowest BCUT2D eigenvalue weighted by molar-refractivity contribution is -0.136. The Kier molecular flexibility index (Phi) is 8.45. The molecule has 1 unspecified atom stereocenters. The van der Waals surface area contributed by atoms with Crippen LogP contribution < -0.4 is 5.32 Å². The van der Waals surface area contributed by atoms with Gasteiger partial charge in [-0.3, -0.25) is 9.59 Å². The van der Waals surface area contributed by atoms with Gasteiger partial charge in [0, 0.05) is 34.8 Å². The normalized spacial score (nSPS) is 11.3. The van der Waals surface area contributed by atoms with Crippen molar-refractivity contribution in [1.82, 2.24) is 10.1 Å². The van der Waals surface area contributed by atoms with Gasteiger partial charge in [0.15, 0.2) is 5.76 Å². The predicted molar refractivity (Wildman–Crippen MR) is 147 cm³/mol. The number of ether oxygens (including phenoxy) is 1. The fourth-order valence-electron chi connectivity index (χ4n) is 4.15. The summed E-state index contributed by atoms with van der Waals surface area (Å²) in [6.07, 6.45) is 3.29. The molecule has 0 aliphatic rings. The number of carboxylic acid groups (broad SMARTS) is 1. The molecule has 0 fully saturated rings. The molecule has 0 bridgehead atoms. The molecule has 0 spiro atoms. The van der Waals surface area contributed by atoms with Gasteiger partial charge in [0.2, 0.25) is 0 Å². The van der Waals surface area contributed by atoms with Crippen LogP contribution >= 0.6 is 11.6 Å². The van der Waals surface area contributed by atoms with E-state index < -0.39 is 5.97 Å². The average molecular weight is 532 g/mol. The van der Waals surface area contributed by atoms with E-state index in [-0.39, 0.29) is 12.5 Å². The van der Waals surface area contributed by atoms with Gasteiger partial charge in [-0.05, 0) is 41.8 Å². The molecule has 1 atom stereocenters. The van der Waals surface area contributed by atoms with E-state index in [1.807, 2.05) is 73.9 Å². The molecule has 194 valence electrons. The van der Waals surface area contributed by atoms with Crippen molar-refractivity contribution in [3.8, 4) is 22.5 Å². The number of halogens is 1. The van der Waals surface area contributed by atoms with Crippen molar-refractivity contribution in [3.05, 3.63) is 95.3 Å². The summed E-state index contributed by atoms with van der Waals surface area (Å²) in [4.78, 5) is 24.2. The number of aliphatic carboxylic acids is 1. The van der Waals surface area contributed by atoms with Crippen molar-refractivity contribution in [2.45, 2.75) is 19.4 Å². The quantitative estimate of drug-likeness (QED) is 0.190. The number of H-pyrrole nitrogens is 1. The fraction of sp³-hybridized carbons (Fsp3) is 0.138. The molecule has 3 aromatic carbocycles. The van der Waals surface area contributed by atoms with Crippen LogP contribution in [0.5, 0.6) is 0 Å². The number of nitrogens with zero attached hydrogens (tertiary/aromatic N) is 1. The highest BCUT2D eigenvalue weighted by atomic mass is 35.5. The number of hydrogen-bond donors (Lipinski definition) is 3. The monoisotopic (exact) mass is 531 g/mol. The Labute approximate surface area is 224 Å². The molecule has 2 heterocycles. The smallest absolute Gasteiger partial charge is 0.307 e. The van der Waals surface area contributed by atoms with Crippen LogP contribution in [0, 0.1) is 0 Å². The topological polar surface area (TPSA) is 117 Å². The van der Waals surface area contributed by atoms with Crippen molar-refractivity contribution in [1.29, 1.82) is 0 Å².